The smallest absolute Gasteiger partial charge is 0.363 e. The molecule has 0 unspecified atom stereocenters. The summed E-state index contributed by atoms with van der Waals surface area (Å²) >= 11 is 2.09. The van der Waals surface area contributed by atoms with E-state index in [0.29, 0.717) is 28.2 Å². The molecule has 10 heteroatoms. The third-order valence-electron chi connectivity index (χ3n) is 5.12. The van der Waals surface area contributed by atoms with Crippen LogP contribution in [-0.2, 0) is 16.1 Å². The van der Waals surface area contributed by atoms with Crippen molar-refractivity contribution in [3.63, 3.8) is 0 Å². The number of nitro benzene ring substituents is 1. The number of nitrogens with zero attached hydrogens (tertiary/aromatic N) is 2. The molecule has 0 spiro atoms. The third-order valence-corrected chi connectivity index (χ3v) is 5.93. The average molecular weight is 588 g/mol. The van der Waals surface area contributed by atoms with E-state index in [1.807, 2.05) is 0 Å². The molecule has 0 atom stereocenters. The number of cyclic esters (lactones) is 1. The molecule has 0 radical (unpaired) electrons. The van der Waals surface area contributed by atoms with Gasteiger partial charge >= 0.3 is 5.97 Å². The molecule has 8 nitrogen and oxygen atoms in total. The summed E-state index contributed by atoms with van der Waals surface area (Å²) in [6, 6.07) is 14.0. The first-order valence-electron chi connectivity index (χ1n) is 10.3. The highest BCUT2D eigenvalue weighted by Gasteiger charge is 2.26. The number of methoxy groups -OCH3 is 1. The highest BCUT2D eigenvalue weighted by molar-refractivity contribution is 14.1. The van der Waals surface area contributed by atoms with E-state index >= 15 is 0 Å². The Kier molecular flexibility index (Phi) is 7.10. The Bertz CT molecular complexity index is 1390. The normalized spacial score (nSPS) is 14.0. The summed E-state index contributed by atoms with van der Waals surface area (Å²) in [5, 5.41) is 11.2. The second-order valence-electron chi connectivity index (χ2n) is 7.54. The molecule has 0 saturated heterocycles. The fourth-order valence-corrected chi connectivity index (χ4v) is 4.11. The molecule has 4 rings (SSSR count). The molecule has 1 heterocycles. The van der Waals surface area contributed by atoms with Crippen molar-refractivity contribution >= 4 is 46.2 Å². The lowest BCUT2D eigenvalue weighted by Crippen LogP contribution is -2.06. The lowest BCUT2D eigenvalue weighted by atomic mass is 10.1. The molecular weight excluding hydrogens is 570 g/mol. The van der Waals surface area contributed by atoms with Crippen LogP contribution in [0.1, 0.15) is 22.3 Å². The number of aliphatic imine (C=N–C) groups is 1. The monoisotopic (exact) mass is 588 g/mol. The van der Waals surface area contributed by atoms with E-state index in [1.165, 1.54) is 31.4 Å². The van der Waals surface area contributed by atoms with Crippen LogP contribution >= 0.6 is 22.6 Å². The number of carbonyl (C=O) groups excluding carboxylic acids is 1. The molecule has 3 aromatic rings. The van der Waals surface area contributed by atoms with Crippen molar-refractivity contribution in [2.75, 3.05) is 7.11 Å². The maximum atomic E-state index is 13.1. The van der Waals surface area contributed by atoms with Crippen LogP contribution in [0, 0.1) is 26.4 Å². The molecule has 1 aliphatic rings. The molecule has 0 N–H and O–H groups in total. The Morgan fingerprint density at radius 1 is 1.17 bits per heavy atom. The summed E-state index contributed by atoms with van der Waals surface area (Å²) in [6.07, 6.45) is 1.53. The largest absolute Gasteiger partial charge is 0.493 e. The second-order valence-corrected chi connectivity index (χ2v) is 8.71. The fourth-order valence-electron chi connectivity index (χ4n) is 3.33. The minimum absolute atomic E-state index is 0.00902. The van der Waals surface area contributed by atoms with Gasteiger partial charge in [0, 0.05) is 17.2 Å². The summed E-state index contributed by atoms with van der Waals surface area (Å²) in [5.41, 5.74) is 2.18. The van der Waals surface area contributed by atoms with Crippen molar-refractivity contribution < 1.29 is 28.3 Å². The van der Waals surface area contributed by atoms with Crippen molar-refractivity contribution in [2.45, 2.75) is 13.5 Å². The Labute approximate surface area is 213 Å². The molecule has 0 aliphatic carbocycles. The van der Waals surface area contributed by atoms with Gasteiger partial charge in [-0.05, 0) is 77.0 Å². The number of nitro groups is 1. The highest BCUT2D eigenvalue weighted by Crippen LogP contribution is 2.35. The number of esters is 1. The first-order chi connectivity index (χ1) is 16.7. The Balaban J connectivity index is 1.60. The molecule has 0 amide bonds. The molecule has 3 aromatic carbocycles. The zero-order valence-electron chi connectivity index (χ0n) is 18.6. The zero-order chi connectivity index (χ0) is 25.1. The van der Waals surface area contributed by atoms with Crippen molar-refractivity contribution in [1.82, 2.24) is 0 Å². The van der Waals surface area contributed by atoms with Gasteiger partial charge in [-0.3, -0.25) is 10.1 Å². The van der Waals surface area contributed by atoms with E-state index in [0.717, 1.165) is 9.13 Å². The Hall–Kier alpha value is -3.80. The number of aryl methyl sites for hydroxylation is 1. The van der Waals surface area contributed by atoms with Crippen LogP contribution in [0.2, 0.25) is 0 Å². The van der Waals surface area contributed by atoms with Gasteiger partial charge in [0.25, 0.3) is 5.69 Å². The molecule has 0 fully saturated rings. The topological polar surface area (TPSA) is 100 Å². The molecule has 0 saturated carbocycles. The number of carbonyl (C=O) groups is 1. The van der Waals surface area contributed by atoms with E-state index in [-0.39, 0.29) is 29.7 Å². The van der Waals surface area contributed by atoms with Gasteiger partial charge in [-0.1, -0.05) is 18.2 Å². The number of halogens is 2. The molecule has 0 bridgehead atoms. The summed E-state index contributed by atoms with van der Waals surface area (Å²) in [5.74, 6) is -0.0606. The van der Waals surface area contributed by atoms with Crippen molar-refractivity contribution in [3.8, 4) is 11.5 Å². The molecule has 35 heavy (non-hydrogen) atoms. The third kappa shape index (κ3) is 5.48. The van der Waals surface area contributed by atoms with Crippen LogP contribution in [0.5, 0.6) is 11.5 Å². The van der Waals surface area contributed by atoms with E-state index < -0.39 is 10.9 Å². The zero-order valence-corrected chi connectivity index (χ0v) is 20.7. The first-order valence-corrected chi connectivity index (χ1v) is 11.4. The Morgan fingerprint density at radius 3 is 2.60 bits per heavy atom. The molecule has 1 aliphatic heterocycles. The van der Waals surface area contributed by atoms with Gasteiger partial charge in [-0.15, -0.1) is 0 Å². The van der Waals surface area contributed by atoms with Crippen molar-refractivity contribution in [1.29, 1.82) is 0 Å². The Morgan fingerprint density at radius 2 is 1.91 bits per heavy atom. The minimum atomic E-state index is -0.672. The number of ether oxygens (including phenoxy) is 3. The summed E-state index contributed by atoms with van der Waals surface area (Å²) in [7, 11) is 1.50. The van der Waals surface area contributed by atoms with Crippen LogP contribution in [0.25, 0.3) is 6.08 Å². The van der Waals surface area contributed by atoms with E-state index in [4.69, 9.17) is 14.2 Å². The van der Waals surface area contributed by atoms with Gasteiger partial charge in [0.2, 0.25) is 5.90 Å². The van der Waals surface area contributed by atoms with Gasteiger partial charge in [0.1, 0.15) is 12.4 Å². The number of hydrogen-bond acceptors (Lipinski definition) is 7. The molecular formula is C25H18FIN2O6. The highest BCUT2D eigenvalue weighted by atomic mass is 127. The number of benzene rings is 3. The van der Waals surface area contributed by atoms with Gasteiger partial charge in [-0.25, -0.2) is 14.2 Å². The minimum Gasteiger partial charge on any atom is -0.493 e. The van der Waals surface area contributed by atoms with Crippen LogP contribution in [0.3, 0.4) is 0 Å². The maximum absolute atomic E-state index is 13.1. The number of hydrogen-bond donors (Lipinski definition) is 0. The quantitative estimate of drug-likeness (QED) is 0.118. The molecule has 178 valence electrons. The van der Waals surface area contributed by atoms with Crippen LogP contribution < -0.4 is 9.47 Å². The second kappa shape index (κ2) is 10.2. The van der Waals surface area contributed by atoms with Crippen molar-refractivity contribution in [2.24, 2.45) is 4.99 Å². The van der Waals surface area contributed by atoms with Gasteiger partial charge < -0.3 is 14.2 Å². The first kappa shape index (κ1) is 24.3. The molecule has 0 aromatic heterocycles. The lowest BCUT2D eigenvalue weighted by molar-refractivity contribution is -0.385. The number of rotatable bonds is 7. The predicted molar refractivity (Wildman–Crippen MR) is 135 cm³/mol. The summed E-state index contributed by atoms with van der Waals surface area (Å²) < 4.78 is 30.5. The standard InChI is InChI=1S/C25H18FIN2O6/c1-14-3-6-17(12-21(14)29(31)32)24-28-20(25(30)35-24)10-16-9-19(27)23(22(11-16)33-2)34-13-15-4-7-18(26)8-5-15/h3-12H,13H2,1-2H3. The van der Waals surface area contributed by atoms with Gasteiger partial charge in [0.05, 0.1) is 15.6 Å². The van der Waals surface area contributed by atoms with Crippen LogP contribution in [0.15, 0.2) is 65.3 Å². The van der Waals surface area contributed by atoms with E-state index in [1.54, 1.807) is 43.3 Å². The van der Waals surface area contributed by atoms with Gasteiger partial charge in [0.15, 0.2) is 17.2 Å². The van der Waals surface area contributed by atoms with Crippen LogP contribution in [0.4, 0.5) is 10.1 Å². The summed E-state index contributed by atoms with van der Waals surface area (Å²) in [4.78, 5) is 27.4. The van der Waals surface area contributed by atoms with E-state index in [2.05, 4.69) is 27.6 Å². The summed E-state index contributed by atoms with van der Waals surface area (Å²) in [6.45, 7) is 1.84. The van der Waals surface area contributed by atoms with Crippen molar-refractivity contribution in [3.05, 3.63) is 102 Å². The van der Waals surface area contributed by atoms with E-state index in [9.17, 15) is 19.3 Å². The predicted octanol–water partition coefficient (Wildman–Crippen LogP) is 5.58. The average Bonchev–Trinajstić information content (AvgIpc) is 3.19. The van der Waals surface area contributed by atoms with Crippen LogP contribution in [-0.4, -0.2) is 23.9 Å². The maximum Gasteiger partial charge on any atom is 0.363 e. The lowest BCUT2D eigenvalue weighted by Gasteiger charge is -2.14. The van der Waals surface area contributed by atoms with Gasteiger partial charge in [-0.2, -0.15) is 0 Å². The SMILES string of the molecule is COc1cc(C=C2N=C(c3ccc(C)c([N+](=O)[O-])c3)OC2=O)cc(I)c1OCc1ccc(F)cc1. The fraction of sp³-hybridized carbons (Fsp3) is 0.120.